The molecule has 22 heavy (non-hydrogen) atoms. The molecule has 0 aliphatic carbocycles. The molecule has 0 aliphatic heterocycles. The fraction of sp³-hybridized carbons (Fsp3) is 0.714. The van der Waals surface area contributed by atoms with Crippen molar-refractivity contribution in [3.05, 3.63) is 0 Å². The van der Waals surface area contributed by atoms with E-state index in [1.165, 1.54) is 7.11 Å². The Labute approximate surface area is 132 Å². The van der Waals surface area contributed by atoms with Gasteiger partial charge in [0.2, 0.25) is 4.87 Å². The summed E-state index contributed by atoms with van der Waals surface area (Å²) in [6.45, 7) is 3.95. The minimum atomic E-state index is -4.33. The van der Waals surface area contributed by atoms with Gasteiger partial charge in [-0.25, -0.2) is 0 Å². The van der Waals surface area contributed by atoms with Crippen molar-refractivity contribution in [2.75, 3.05) is 7.11 Å². The Morgan fingerprint density at radius 2 is 1.77 bits per heavy atom. The fourth-order valence-corrected chi connectivity index (χ4v) is 2.02. The van der Waals surface area contributed by atoms with Crippen molar-refractivity contribution in [1.29, 1.82) is 0 Å². The molecule has 0 saturated heterocycles. The highest BCUT2D eigenvalue weighted by Crippen LogP contribution is 2.36. The smallest absolute Gasteiger partial charge is 0.335 e. The molecule has 2 unspecified atom stereocenters. The van der Waals surface area contributed by atoms with Gasteiger partial charge in [0, 0.05) is 19.4 Å². The van der Waals surface area contributed by atoms with Crippen molar-refractivity contribution in [2.24, 2.45) is 5.92 Å². The summed E-state index contributed by atoms with van der Waals surface area (Å²) < 4.78 is 32.0. The number of ether oxygens (including phenoxy) is 1. The number of alkyl halides is 3. The number of hydrogen-bond acceptors (Lipinski definition) is 5. The normalized spacial score (nSPS) is 16.0. The van der Waals surface area contributed by atoms with Crippen molar-refractivity contribution >= 4 is 35.2 Å². The highest BCUT2D eigenvalue weighted by Gasteiger charge is 2.61. The number of aldehydes is 1. The third-order valence-corrected chi connectivity index (χ3v) is 4.01. The topological polar surface area (TPSA) is 77.5 Å². The van der Waals surface area contributed by atoms with Gasteiger partial charge in [0.15, 0.2) is 23.6 Å². The van der Waals surface area contributed by atoms with Gasteiger partial charge >= 0.3 is 5.92 Å². The molecular weight excluding hydrogens is 322 g/mol. The summed E-state index contributed by atoms with van der Waals surface area (Å²) in [5.74, 6) is -7.66. The van der Waals surface area contributed by atoms with Gasteiger partial charge in [0.05, 0.1) is 0 Å². The first kappa shape index (κ1) is 20.8. The van der Waals surface area contributed by atoms with E-state index in [0.717, 1.165) is 0 Å². The first-order valence-electron chi connectivity index (χ1n) is 6.59. The van der Waals surface area contributed by atoms with Crippen LogP contribution in [0.3, 0.4) is 0 Å². The van der Waals surface area contributed by atoms with E-state index in [-0.39, 0.29) is 18.1 Å². The summed E-state index contributed by atoms with van der Waals surface area (Å²) >= 11 is 5.48. The monoisotopic (exact) mass is 340 g/mol. The molecule has 0 saturated carbocycles. The van der Waals surface area contributed by atoms with Crippen LogP contribution in [0.15, 0.2) is 0 Å². The zero-order valence-corrected chi connectivity index (χ0v) is 13.6. The van der Waals surface area contributed by atoms with Crippen molar-refractivity contribution in [3.63, 3.8) is 0 Å². The van der Waals surface area contributed by atoms with Gasteiger partial charge in [-0.2, -0.15) is 8.78 Å². The quantitative estimate of drug-likeness (QED) is 0.345. The van der Waals surface area contributed by atoms with Gasteiger partial charge in [-0.15, -0.1) is 0 Å². The molecule has 0 aromatic carbocycles. The lowest BCUT2D eigenvalue weighted by Gasteiger charge is -2.28. The van der Waals surface area contributed by atoms with Crippen LogP contribution in [-0.2, 0) is 23.9 Å². The predicted molar refractivity (Wildman–Crippen MR) is 75.2 cm³/mol. The minimum absolute atomic E-state index is 0.205. The van der Waals surface area contributed by atoms with Crippen LogP contribution in [0.4, 0.5) is 8.78 Å². The second kappa shape index (κ2) is 7.87. The molecule has 0 bridgehead atoms. The van der Waals surface area contributed by atoms with Crippen LogP contribution >= 0.6 is 11.6 Å². The minimum Gasteiger partial charge on any atom is -0.374 e. The maximum Gasteiger partial charge on any atom is 0.335 e. The van der Waals surface area contributed by atoms with E-state index in [2.05, 4.69) is 0 Å². The lowest BCUT2D eigenvalue weighted by Crippen LogP contribution is -2.56. The second-order valence-electron chi connectivity index (χ2n) is 5.20. The lowest BCUT2D eigenvalue weighted by atomic mass is 9.88. The average molecular weight is 341 g/mol. The van der Waals surface area contributed by atoms with E-state index in [9.17, 15) is 28.0 Å². The molecule has 0 rings (SSSR count). The van der Waals surface area contributed by atoms with Crippen molar-refractivity contribution in [2.45, 2.75) is 50.5 Å². The van der Waals surface area contributed by atoms with Crippen LogP contribution in [-0.4, -0.2) is 47.6 Å². The Balaban J connectivity index is 5.20. The van der Waals surface area contributed by atoms with Crippen LogP contribution in [0, 0.1) is 5.92 Å². The van der Waals surface area contributed by atoms with Crippen LogP contribution in [0.1, 0.15) is 33.6 Å². The number of methoxy groups -OCH3 is 1. The summed E-state index contributed by atoms with van der Waals surface area (Å²) in [7, 11) is 1.24. The summed E-state index contributed by atoms with van der Waals surface area (Å²) in [5.41, 5.74) is 0. The highest BCUT2D eigenvalue weighted by atomic mass is 35.5. The van der Waals surface area contributed by atoms with Gasteiger partial charge in [-0.1, -0.05) is 25.4 Å². The van der Waals surface area contributed by atoms with Crippen molar-refractivity contribution in [3.8, 4) is 0 Å². The maximum absolute atomic E-state index is 13.6. The molecule has 0 radical (unpaired) electrons. The molecule has 0 heterocycles. The highest BCUT2D eigenvalue weighted by molar-refractivity contribution is 6.48. The number of rotatable bonds is 10. The molecule has 2 atom stereocenters. The Morgan fingerprint density at radius 3 is 2.09 bits per heavy atom. The molecule has 0 spiro atoms. The predicted octanol–water partition coefficient (Wildman–Crippen LogP) is 1.98. The molecular formula is C14H19ClF2O5. The molecule has 0 amide bonds. The van der Waals surface area contributed by atoms with Crippen molar-refractivity contribution in [1.82, 2.24) is 0 Å². The van der Waals surface area contributed by atoms with Gasteiger partial charge in [-0.05, 0) is 13.3 Å². The summed E-state index contributed by atoms with van der Waals surface area (Å²) in [6.07, 6.45) is -2.60. The van der Waals surface area contributed by atoms with Crippen LogP contribution in [0.5, 0.6) is 0 Å². The first-order chi connectivity index (χ1) is 9.95. The Bertz CT molecular complexity index is 464. The second-order valence-corrected chi connectivity index (χ2v) is 5.77. The third-order valence-electron chi connectivity index (χ3n) is 3.28. The number of halogens is 3. The zero-order valence-electron chi connectivity index (χ0n) is 12.8. The van der Waals surface area contributed by atoms with Crippen molar-refractivity contribution < 1.29 is 32.7 Å². The Hall–Kier alpha value is -1.21. The summed E-state index contributed by atoms with van der Waals surface area (Å²) in [5, 5.41) is 0. The van der Waals surface area contributed by atoms with Crippen LogP contribution < -0.4 is 0 Å². The largest absolute Gasteiger partial charge is 0.374 e. The molecule has 0 fully saturated rings. The van der Waals surface area contributed by atoms with E-state index in [4.69, 9.17) is 16.3 Å². The van der Waals surface area contributed by atoms with E-state index in [1.54, 1.807) is 13.8 Å². The summed E-state index contributed by atoms with van der Waals surface area (Å²) in [4.78, 5) is 42.3. The third kappa shape index (κ3) is 4.16. The zero-order chi connectivity index (χ0) is 17.7. The Kier molecular flexibility index (Phi) is 7.44. The van der Waals surface area contributed by atoms with Gasteiger partial charge in [-0.3, -0.25) is 19.2 Å². The van der Waals surface area contributed by atoms with E-state index in [1.807, 2.05) is 0 Å². The van der Waals surface area contributed by atoms with Gasteiger partial charge in [0.25, 0.3) is 0 Å². The number of hydrogen-bond donors (Lipinski definition) is 0. The molecule has 126 valence electrons. The molecule has 5 nitrogen and oxygen atoms in total. The van der Waals surface area contributed by atoms with E-state index < -0.39 is 41.2 Å². The average Bonchev–Trinajstić information content (AvgIpc) is 2.45. The van der Waals surface area contributed by atoms with E-state index >= 15 is 0 Å². The lowest BCUT2D eigenvalue weighted by molar-refractivity contribution is -0.151. The standard InChI is InChI=1S/C14H19ClF2O5/c1-8(2)12(21)10(22-4)5-6-11(20)14(15,9(3)19)13(16,17)7-18/h7-8,10H,5-6H2,1-4H3. The van der Waals surface area contributed by atoms with Crippen LogP contribution in [0.25, 0.3) is 0 Å². The fourth-order valence-electron chi connectivity index (χ4n) is 1.88. The molecule has 0 aliphatic rings. The number of carbonyl (C=O) groups excluding carboxylic acids is 4. The maximum atomic E-state index is 13.6. The van der Waals surface area contributed by atoms with Crippen LogP contribution in [0.2, 0.25) is 0 Å². The van der Waals surface area contributed by atoms with Gasteiger partial charge in [0.1, 0.15) is 6.10 Å². The SMILES string of the molecule is COC(CCC(=O)C(Cl)(C(C)=O)C(F)(F)C=O)C(=O)C(C)C. The molecule has 0 N–H and O–H groups in total. The molecule has 0 aromatic heterocycles. The molecule has 0 aromatic rings. The van der Waals surface area contributed by atoms with E-state index in [0.29, 0.717) is 6.92 Å². The van der Waals surface area contributed by atoms with Gasteiger partial charge < -0.3 is 4.74 Å². The summed E-state index contributed by atoms with van der Waals surface area (Å²) in [6, 6.07) is 0. The number of Topliss-reactive ketones (excluding diaryl/α,β-unsaturated/α-hetero) is 3. The first-order valence-corrected chi connectivity index (χ1v) is 6.97. The number of ketones is 3. The molecule has 8 heteroatoms. The number of carbonyl (C=O) groups is 4. The Morgan fingerprint density at radius 1 is 1.27 bits per heavy atom.